The van der Waals surface area contributed by atoms with Crippen LogP contribution in [0.5, 0.6) is 0 Å². The molecule has 0 bridgehead atoms. The van der Waals surface area contributed by atoms with Gasteiger partial charge in [-0.05, 0) is 64.5 Å². The highest BCUT2D eigenvalue weighted by atomic mass is 15.2. The van der Waals surface area contributed by atoms with Gasteiger partial charge in [0.15, 0.2) is 0 Å². The minimum Gasteiger partial charge on any atom is -0.314 e. The van der Waals surface area contributed by atoms with Gasteiger partial charge in [-0.25, -0.2) is 0 Å². The van der Waals surface area contributed by atoms with Crippen LogP contribution in [-0.2, 0) is 0 Å². The largest absolute Gasteiger partial charge is 0.314 e. The number of likely N-dealkylation sites (tertiary alicyclic amines) is 1. The second-order valence-corrected chi connectivity index (χ2v) is 7.18. The number of hydrogen-bond donors (Lipinski definition) is 1. The molecule has 108 valence electrons. The zero-order chi connectivity index (χ0) is 13.9. The Labute approximate surface area is 118 Å². The minimum absolute atomic E-state index is 0.426. The van der Waals surface area contributed by atoms with Crippen molar-refractivity contribution in [3.05, 3.63) is 0 Å². The number of hydrogen-bond acceptors (Lipinski definition) is 3. The topological polar surface area (TPSA) is 53.1 Å². The first-order valence-electron chi connectivity index (χ1n) is 7.91. The molecule has 2 rings (SSSR count). The Balaban J connectivity index is 1.84. The van der Waals surface area contributed by atoms with Crippen LogP contribution in [0.3, 0.4) is 0 Å². The third kappa shape index (κ3) is 3.70. The zero-order valence-electron chi connectivity index (χ0n) is 12.6. The normalized spacial score (nSPS) is 28.5. The van der Waals surface area contributed by atoms with Crippen LogP contribution in [0.1, 0.15) is 65.2 Å². The molecule has 3 nitrogen and oxygen atoms in total. The van der Waals surface area contributed by atoms with E-state index < -0.39 is 5.54 Å². The fourth-order valence-corrected chi connectivity index (χ4v) is 4.03. The molecule has 0 aromatic rings. The van der Waals surface area contributed by atoms with Crippen molar-refractivity contribution < 1.29 is 0 Å². The van der Waals surface area contributed by atoms with E-state index in [1.807, 2.05) is 6.92 Å². The molecule has 2 fully saturated rings. The van der Waals surface area contributed by atoms with Gasteiger partial charge < -0.3 is 10.6 Å². The Kier molecular flexibility index (Phi) is 4.53. The monoisotopic (exact) mass is 263 g/mol. The summed E-state index contributed by atoms with van der Waals surface area (Å²) in [6.07, 6.45) is 10.7. The molecule has 1 aliphatic heterocycles. The van der Waals surface area contributed by atoms with Crippen LogP contribution in [-0.4, -0.2) is 29.6 Å². The maximum atomic E-state index is 9.05. The third-order valence-electron chi connectivity index (χ3n) is 5.37. The number of nitrogens with two attached hydrogens (primary N) is 1. The fraction of sp³-hybridized carbons (Fsp3) is 0.938. The Hall–Kier alpha value is -0.590. The van der Waals surface area contributed by atoms with Gasteiger partial charge in [0.1, 0.15) is 5.54 Å². The van der Waals surface area contributed by atoms with Crippen LogP contribution in [0.2, 0.25) is 0 Å². The van der Waals surface area contributed by atoms with Crippen LogP contribution in [0.4, 0.5) is 0 Å². The van der Waals surface area contributed by atoms with Gasteiger partial charge in [-0.2, -0.15) is 5.26 Å². The molecule has 2 aliphatic rings. The first-order valence-corrected chi connectivity index (χ1v) is 7.91. The van der Waals surface area contributed by atoms with Crippen molar-refractivity contribution in [1.29, 1.82) is 5.26 Å². The standard InChI is InChI=1S/C16H29N3/c1-14(12-15(2,18)13-17)19-10-8-16(9-11-19)6-4-3-5-7-16/h14H,3-12,18H2,1-2H3. The van der Waals surface area contributed by atoms with Crippen LogP contribution in [0.25, 0.3) is 0 Å². The van der Waals surface area contributed by atoms with Gasteiger partial charge in [-0.1, -0.05) is 19.3 Å². The molecule has 0 aromatic carbocycles. The van der Waals surface area contributed by atoms with Crippen molar-refractivity contribution in [3.63, 3.8) is 0 Å². The third-order valence-corrected chi connectivity index (χ3v) is 5.37. The van der Waals surface area contributed by atoms with Crippen molar-refractivity contribution >= 4 is 0 Å². The Morgan fingerprint density at radius 1 is 1.21 bits per heavy atom. The summed E-state index contributed by atoms with van der Waals surface area (Å²) in [7, 11) is 0. The molecule has 2 atom stereocenters. The van der Waals surface area contributed by atoms with E-state index in [1.54, 1.807) is 0 Å². The number of rotatable bonds is 3. The van der Waals surface area contributed by atoms with Gasteiger partial charge in [0.2, 0.25) is 0 Å². The summed E-state index contributed by atoms with van der Waals surface area (Å²) in [4.78, 5) is 2.54. The van der Waals surface area contributed by atoms with E-state index in [0.717, 1.165) is 6.42 Å². The molecule has 1 saturated carbocycles. The lowest BCUT2D eigenvalue weighted by Gasteiger charge is -2.46. The molecule has 1 aliphatic carbocycles. The molecule has 0 amide bonds. The van der Waals surface area contributed by atoms with Crippen LogP contribution in [0, 0.1) is 16.7 Å². The van der Waals surface area contributed by atoms with Crippen LogP contribution < -0.4 is 5.73 Å². The molecule has 19 heavy (non-hydrogen) atoms. The van der Waals surface area contributed by atoms with E-state index in [-0.39, 0.29) is 0 Å². The number of piperidine rings is 1. The molecule has 0 radical (unpaired) electrons. The highest BCUT2D eigenvalue weighted by molar-refractivity contribution is 5.03. The summed E-state index contributed by atoms with van der Waals surface area (Å²) in [5.41, 5.74) is 5.95. The predicted molar refractivity (Wildman–Crippen MR) is 78.6 cm³/mol. The number of nitrogens with zero attached hydrogens (tertiary/aromatic N) is 2. The molecule has 1 spiro atoms. The average molecular weight is 263 g/mol. The predicted octanol–water partition coefficient (Wildman–Crippen LogP) is 3.05. The van der Waals surface area contributed by atoms with E-state index in [0.29, 0.717) is 11.5 Å². The zero-order valence-corrected chi connectivity index (χ0v) is 12.6. The van der Waals surface area contributed by atoms with Crippen molar-refractivity contribution in [1.82, 2.24) is 4.90 Å². The lowest BCUT2D eigenvalue weighted by atomic mass is 9.68. The second kappa shape index (κ2) is 5.81. The van der Waals surface area contributed by atoms with E-state index >= 15 is 0 Å². The maximum absolute atomic E-state index is 9.05. The Bertz CT molecular complexity index is 326. The lowest BCUT2D eigenvalue weighted by Crippen LogP contribution is -2.48. The first-order chi connectivity index (χ1) is 8.96. The van der Waals surface area contributed by atoms with Gasteiger partial charge in [0.05, 0.1) is 6.07 Å². The molecule has 0 aromatic heterocycles. The van der Waals surface area contributed by atoms with Crippen molar-refractivity contribution in [2.75, 3.05) is 13.1 Å². The van der Waals surface area contributed by atoms with Gasteiger partial charge >= 0.3 is 0 Å². The Morgan fingerprint density at radius 2 is 1.79 bits per heavy atom. The lowest BCUT2D eigenvalue weighted by molar-refractivity contribution is 0.0442. The minimum atomic E-state index is -0.681. The first kappa shape index (κ1) is 14.8. The molecule has 1 saturated heterocycles. The van der Waals surface area contributed by atoms with E-state index in [9.17, 15) is 0 Å². The molecule has 1 heterocycles. The number of nitriles is 1. The summed E-state index contributed by atoms with van der Waals surface area (Å²) in [6.45, 7) is 6.46. The van der Waals surface area contributed by atoms with Crippen LogP contribution >= 0.6 is 0 Å². The SMILES string of the molecule is CC(CC(C)(N)C#N)N1CCC2(CCCCC2)CC1. The maximum Gasteiger partial charge on any atom is 0.102 e. The van der Waals surface area contributed by atoms with Crippen molar-refractivity contribution in [2.24, 2.45) is 11.1 Å². The summed E-state index contributed by atoms with van der Waals surface area (Å²) >= 11 is 0. The fourth-order valence-electron chi connectivity index (χ4n) is 4.03. The average Bonchev–Trinajstić information content (AvgIpc) is 2.40. The highest BCUT2D eigenvalue weighted by Gasteiger charge is 2.37. The second-order valence-electron chi connectivity index (χ2n) is 7.18. The smallest absolute Gasteiger partial charge is 0.102 e. The summed E-state index contributed by atoms with van der Waals surface area (Å²) in [5, 5.41) is 9.05. The highest BCUT2D eigenvalue weighted by Crippen LogP contribution is 2.44. The van der Waals surface area contributed by atoms with E-state index in [1.165, 1.54) is 58.0 Å². The Morgan fingerprint density at radius 3 is 2.32 bits per heavy atom. The van der Waals surface area contributed by atoms with Gasteiger partial charge in [-0.3, -0.25) is 0 Å². The van der Waals surface area contributed by atoms with Crippen molar-refractivity contribution in [3.8, 4) is 6.07 Å². The van der Waals surface area contributed by atoms with Gasteiger partial charge in [0.25, 0.3) is 0 Å². The van der Waals surface area contributed by atoms with Gasteiger partial charge in [0, 0.05) is 6.04 Å². The summed E-state index contributed by atoms with van der Waals surface area (Å²) < 4.78 is 0. The molecule has 3 heteroatoms. The van der Waals surface area contributed by atoms with E-state index in [2.05, 4.69) is 17.9 Å². The van der Waals surface area contributed by atoms with Crippen molar-refractivity contribution in [2.45, 2.75) is 76.8 Å². The van der Waals surface area contributed by atoms with Crippen LogP contribution in [0.15, 0.2) is 0 Å². The summed E-state index contributed by atoms with van der Waals surface area (Å²) in [5.74, 6) is 0. The summed E-state index contributed by atoms with van der Waals surface area (Å²) in [6, 6.07) is 2.65. The molecular weight excluding hydrogens is 234 g/mol. The van der Waals surface area contributed by atoms with Gasteiger partial charge in [-0.15, -0.1) is 0 Å². The molecular formula is C16H29N3. The quantitative estimate of drug-likeness (QED) is 0.851. The molecule has 2 unspecified atom stereocenters. The van der Waals surface area contributed by atoms with E-state index in [4.69, 9.17) is 11.0 Å². The molecule has 2 N–H and O–H groups in total.